The van der Waals surface area contributed by atoms with E-state index in [1.807, 2.05) is 30.3 Å². The molecule has 2 radical (unpaired) electrons. The average molecular weight is 523 g/mol. The van der Waals surface area contributed by atoms with E-state index in [2.05, 4.69) is 30.7 Å². The van der Waals surface area contributed by atoms with Crippen molar-refractivity contribution in [2.45, 2.75) is 17.1 Å². The zero-order chi connectivity index (χ0) is 19.4. The molecule has 1 aromatic heterocycles. The van der Waals surface area contributed by atoms with E-state index in [0.717, 1.165) is 11.1 Å². The third kappa shape index (κ3) is 7.71. The van der Waals surface area contributed by atoms with Crippen LogP contribution in [-0.2, 0) is 10.3 Å². The van der Waals surface area contributed by atoms with Gasteiger partial charge in [-0.25, -0.2) is 4.57 Å². The van der Waals surface area contributed by atoms with Crippen LogP contribution in [0.5, 0.6) is 5.75 Å². The van der Waals surface area contributed by atoms with E-state index in [1.165, 1.54) is 17.8 Å². The number of rotatable bonds is 7. The van der Waals surface area contributed by atoms with Gasteiger partial charge in [-0.3, -0.25) is 0 Å². The topological polar surface area (TPSA) is 85.5 Å². The summed E-state index contributed by atoms with van der Waals surface area (Å²) < 4.78 is 46.6. The van der Waals surface area contributed by atoms with E-state index in [0.29, 0.717) is 16.9 Å². The number of nitrogens with zero attached hydrogens (tertiary/aromatic N) is 2. The van der Waals surface area contributed by atoms with E-state index in [9.17, 15) is 13.3 Å². The Bertz CT molecular complexity index is 985. The SMILES string of the molecule is O=P(O)(Oc1ccc(CSc2nnc(-c3ccccc3)o2)cc1Br)C(F)F.[Na].[Na]. The largest absolute Gasteiger partial charge is 0.442 e. The number of benzene rings is 2. The molecule has 1 atom stereocenters. The predicted octanol–water partition coefficient (Wildman–Crippen LogP) is 4.82. The molecule has 1 N–H and O–H groups in total. The number of aromatic nitrogens is 2. The summed E-state index contributed by atoms with van der Waals surface area (Å²) in [6.07, 6.45) is -3.48. The third-order valence-corrected chi connectivity index (χ3v) is 5.72. The van der Waals surface area contributed by atoms with E-state index in [4.69, 9.17) is 9.31 Å². The van der Waals surface area contributed by atoms with Crippen LogP contribution in [0.15, 0.2) is 62.6 Å². The van der Waals surface area contributed by atoms with Gasteiger partial charge in [0.15, 0.2) is 0 Å². The Kier molecular flexibility index (Phi) is 11.6. The van der Waals surface area contributed by atoms with Crippen LogP contribution >= 0.6 is 35.3 Å². The van der Waals surface area contributed by atoms with Crippen molar-refractivity contribution < 1.29 is 27.2 Å². The van der Waals surface area contributed by atoms with Gasteiger partial charge in [-0.15, -0.1) is 10.2 Å². The Morgan fingerprint density at radius 2 is 1.86 bits per heavy atom. The summed E-state index contributed by atoms with van der Waals surface area (Å²) in [5.41, 5.74) is 1.61. The molecule has 1 heterocycles. The van der Waals surface area contributed by atoms with Crippen molar-refractivity contribution in [2.75, 3.05) is 0 Å². The summed E-state index contributed by atoms with van der Waals surface area (Å²) in [6, 6.07) is 13.9. The number of halogens is 3. The molecule has 144 valence electrons. The second kappa shape index (κ2) is 12.3. The van der Waals surface area contributed by atoms with Crippen molar-refractivity contribution in [1.82, 2.24) is 10.2 Å². The van der Waals surface area contributed by atoms with E-state index < -0.39 is 13.8 Å². The molecule has 3 aromatic rings. The molecule has 0 aliphatic heterocycles. The molecule has 6 nitrogen and oxygen atoms in total. The average Bonchev–Trinajstić information content (AvgIpc) is 3.11. The fraction of sp³-hybridized carbons (Fsp3) is 0.125. The first-order valence-electron chi connectivity index (χ1n) is 7.45. The van der Waals surface area contributed by atoms with Crippen LogP contribution < -0.4 is 4.52 Å². The van der Waals surface area contributed by atoms with Crippen molar-refractivity contribution in [3.05, 3.63) is 58.6 Å². The Hall–Kier alpha value is 0.260. The smallest absolute Gasteiger partial charge is 0.420 e. The van der Waals surface area contributed by atoms with Gasteiger partial charge in [0.1, 0.15) is 5.75 Å². The molecule has 0 saturated carbocycles. The molecule has 0 fully saturated rings. The predicted molar refractivity (Wildman–Crippen MR) is 111 cm³/mol. The van der Waals surface area contributed by atoms with Crippen molar-refractivity contribution >= 4 is 94.4 Å². The molecule has 1 unspecified atom stereocenters. The molecule has 2 aromatic carbocycles. The van der Waals surface area contributed by atoms with Gasteiger partial charge in [-0.1, -0.05) is 36.0 Å². The maximum Gasteiger partial charge on any atom is 0.442 e. The zero-order valence-electron chi connectivity index (χ0n) is 15.5. The summed E-state index contributed by atoms with van der Waals surface area (Å²) >= 11 is 4.44. The molecular weight excluding hydrogens is 511 g/mol. The van der Waals surface area contributed by atoms with Crippen LogP contribution in [0.1, 0.15) is 5.56 Å². The molecule has 3 rings (SSSR count). The summed E-state index contributed by atoms with van der Waals surface area (Å²) in [7, 11) is -5.02. The number of hydrogen-bond acceptors (Lipinski definition) is 6. The van der Waals surface area contributed by atoms with Crippen LogP contribution in [0.3, 0.4) is 0 Å². The van der Waals surface area contributed by atoms with Gasteiger partial charge in [0.05, 0.1) is 4.47 Å². The minimum atomic E-state index is -5.02. The second-order valence-electron chi connectivity index (χ2n) is 5.23. The van der Waals surface area contributed by atoms with Crippen LogP contribution in [0.2, 0.25) is 0 Å². The van der Waals surface area contributed by atoms with E-state index >= 15 is 0 Å². The van der Waals surface area contributed by atoms with Gasteiger partial charge in [0.2, 0.25) is 5.89 Å². The normalized spacial score (nSPS) is 12.6. The van der Waals surface area contributed by atoms with E-state index in [-0.39, 0.29) is 69.3 Å². The standard InChI is InChI=1S/C16H12BrF2N2O4PS.2Na/c17-12-8-10(6-7-13(12)25-26(22,23)15(18)19)9-27-16-21-20-14(24-16)11-4-2-1-3-5-11;;/h1-8,15H,9H2,(H,22,23);;. The Morgan fingerprint density at radius 3 is 2.48 bits per heavy atom. The number of thioether (sulfide) groups is 1. The minimum Gasteiger partial charge on any atom is -0.420 e. The van der Waals surface area contributed by atoms with Crippen molar-refractivity contribution in [3.8, 4) is 17.2 Å². The first-order valence-corrected chi connectivity index (χ1v) is 10.9. The van der Waals surface area contributed by atoms with Gasteiger partial charge in [-0.05, 0) is 45.8 Å². The summed E-state index contributed by atoms with van der Waals surface area (Å²) in [4.78, 5) is 9.12. The summed E-state index contributed by atoms with van der Waals surface area (Å²) in [6.45, 7) is 0. The number of alkyl halides is 2. The maximum atomic E-state index is 12.5. The molecule has 0 saturated heterocycles. The van der Waals surface area contributed by atoms with Crippen LogP contribution in [-0.4, -0.2) is 80.4 Å². The Morgan fingerprint density at radius 1 is 1.17 bits per heavy atom. The second-order valence-corrected chi connectivity index (χ2v) is 8.71. The van der Waals surface area contributed by atoms with Gasteiger partial charge in [0, 0.05) is 70.4 Å². The molecule has 0 aliphatic rings. The summed E-state index contributed by atoms with van der Waals surface area (Å²) in [5.74, 6) is 0.730. The van der Waals surface area contributed by atoms with Crippen LogP contribution in [0, 0.1) is 0 Å². The van der Waals surface area contributed by atoms with Crippen molar-refractivity contribution in [1.29, 1.82) is 0 Å². The maximum absolute atomic E-state index is 12.5. The molecule has 0 aliphatic carbocycles. The fourth-order valence-electron chi connectivity index (χ4n) is 2.00. The molecular formula is C16H12BrF2N2Na2O4PS. The first kappa shape index (κ1) is 27.3. The molecule has 0 amide bonds. The summed E-state index contributed by atoms with van der Waals surface area (Å²) in [5, 5.41) is 8.34. The monoisotopic (exact) mass is 522 g/mol. The van der Waals surface area contributed by atoms with Crippen LogP contribution in [0.4, 0.5) is 8.78 Å². The Balaban J connectivity index is 0.00000210. The van der Waals surface area contributed by atoms with Gasteiger partial charge < -0.3 is 13.8 Å². The van der Waals surface area contributed by atoms with E-state index in [1.54, 1.807) is 12.1 Å². The molecule has 29 heavy (non-hydrogen) atoms. The van der Waals surface area contributed by atoms with Crippen LogP contribution in [0.25, 0.3) is 11.5 Å². The van der Waals surface area contributed by atoms with Gasteiger partial charge in [-0.2, -0.15) is 8.78 Å². The van der Waals surface area contributed by atoms with Gasteiger partial charge >= 0.3 is 13.8 Å². The molecule has 13 heteroatoms. The van der Waals surface area contributed by atoms with Crippen molar-refractivity contribution in [2.24, 2.45) is 0 Å². The number of hydrogen-bond donors (Lipinski definition) is 1. The molecule has 0 spiro atoms. The van der Waals surface area contributed by atoms with Crippen molar-refractivity contribution in [3.63, 3.8) is 0 Å². The quantitative estimate of drug-likeness (QED) is 0.270. The zero-order valence-corrected chi connectivity index (χ0v) is 22.8. The first-order chi connectivity index (χ1) is 12.8. The molecule has 0 bridgehead atoms. The minimum absolute atomic E-state index is 0. The Labute approximate surface area is 222 Å². The third-order valence-electron chi connectivity index (χ3n) is 3.26. The fourth-order valence-corrected chi connectivity index (χ4v) is 3.86. The van der Waals surface area contributed by atoms with Gasteiger partial charge in [0.25, 0.3) is 5.22 Å².